The fourth-order valence-corrected chi connectivity index (χ4v) is 3.25. The van der Waals surface area contributed by atoms with Crippen LogP contribution >= 0.6 is 0 Å². The Labute approximate surface area is 144 Å². The van der Waals surface area contributed by atoms with Crippen molar-refractivity contribution in [1.82, 2.24) is 19.5 Å². The average molecular weight is 322 g/mol. The molecule has 0 bridgehead atoms. The van der Waals surface area contributed by atoms with E-state index in [9.17, 15) is 0 Å². The van der Waals surface area contributed by atoms with Crippen molar-refractivity contribution in [2.75, 3.05) is 20.1 Å². The molecular weight excluding hydrogens is 296 g/mol. The molecule has 1 aliphatic rings. The molecule has 4 rings (SSSR count). The van der Waals surface area contributed by atoms with E-state index in [4.69, 9.17) is 0 Å². The molecule has 0 radical (unpaired) electrons. The van der Waals surface area contributed by atoms with Gasteiger partial charge in [-0.3, -0.25) is 0 Å². The molecule has 0 atom stereocenters. The highest BCUT2D eigenvalue weighted by atomic mass is 15.2. The summed E-state index contributed by atoms with van der Waals surface area (Å²) < 4.78 is 1.82. The highest BCUT2D eigenvalue weighted by Crippen LogP contribution is 2.29. The van der Waals surface area contributed by atoms with Gasteiger partial charge in [-0.25, -0.2) is 9.50 Å². The fraction of sp³-hybridized carbons (Fsp3) is 0.400. The smallest absolute Gasteiger partial charge is 0.154 e. The van der Waals surface area contributed by atoms with E-state index in [0.717, 1.165) is 11.2 Å². The van der Waals surface area contributed by atoms with Crippen LogP contribution in [0.2, 0.25) is 0 Å². The first-order valence-corrected chi connectivity index (χ1v) is 8.88. The molecule has 1 saturated heterocycles. The predicted molar refractivity (Wildman–Crippen MR) is 99.2 cm³/mol. The van der Waals surface area contributed by atoms with Crippen LogP contribution in [0.15, 0.2) is 48.9 Å². The number of hydrogen-bond donors (Lipinski definition) is 0. The van der Waals surface area contributed by atoms with Crippen molar-refractivity contribution in [3.63, 3.8) is 0 Å². The molecule has 2 aromatic heterocycles. The van der Waals surface area contributed by atoms with Gasteiger partial charge in [0.25, 0.3) is 0 Å². The van der Waals surface area contributed by atoms with Gasteiger partial charge < -0.3 is 4.90 Å². The Hall–Kier alpha value is -2.20. The number of piperidine rings is 1. The molecular formula is C20H26N4. The topological polar surface area (TPSA) is 33.4 Å². The van der Waals surface area contributed by atoms with E-state index in [1.54, 1.807) is 6.20 Å². The second kappa shape index (κ2) is 7.58. The van der Waals surface area contributed by atoms with Crippen molar-refractivity contribution in [2.24, 2.45) is 0 Å². The summed E-state index contributed by atoms with van der Waals surface area (Å²) in [5.41, 5.74) is 4.64. The summed E-state index contributed by atoms with van der Waals surface area (Å²) in [6, 6.07) is 10.9. The van der Waals surface area contributed by atoms with Crippen LogP contribution in [0.3, 0.4) is 0 Å². The fourth-order valence-electron chi connectivity index (χ4n) is 3.25. The number of aromatic nitrogens is 3. The number of fused-ring (bicyclic) bond motifs is 1. The van der Waals surface area contributed by atoms with Crippen LogP contribution in [-0.2, 0) is 0 Å². The number of rotatable bonds is 2. The van der Waals surface area contributed by atoms with E-state index in [2.05, 4.69) is 46.3 Å². The van der Waals surface area contributed by atoms with Crippen molar-refractivity contribution in [3.05, 3.63) is 54.5 Å². The Morgan fingerprint density at radius 3 is 2.38 bits per heavy atom. The Morgan fingerprint density at radius 1 is 0.958 bits per heavy atom. The largest absolute Gasteiger partial charge is 0.306 e. The zero-order valence-electron chi connectivity index (χ0n) is 14.8. The van der Waals surface area contributed by atoms with Crippen LogP contribution in [0.25, 0.3) is 16.8 Å². The SMILES string of the molecule is CC.CN1CCC(c2ccc(-c3cnc4ccnn4c3)cc2)CC1. The van der Waals surface area contributed by atoms with Gasteiger partial charge in [0.15, 0.2) is 5.65 Å². The summed E-state index contributed by atoms with van der Waals surface area (Å²) in [7, 11) is 2.21. The first-order valence-electron chi connectivity index (χ1n) is 8.88. The molecule has 126 valence electrons. The Morgan fingerprint density at radius 2 is 1.67 bits per heavy atom. The molecule has 4 heteroatoms. The number of hydrogen-bond acceptors (Lipinski definition) is 3. The molecule has 4 nitrogen and oxygen atoms in total. The van der Waals surface area contributed by atoms with E-state index in [-0.39, 0.29) is 0 Å². The van der Waals surface area contributed by atoms with Gasteiger partial charge in [-0.2, -0.15) is 5.10 Å². The summed E-state index contributed by atoms with van der Waals surface area (Å²) in [5.74, 6) is 0.706. The molecule has 1 aromatic carbocycles. The molecule has 0 aliphatic carbocycles. The van der Waals surface area contributed by atoms with Gasteiger partial charge in [-0.05, 0) is 50.0 Å². The lowest BCUT2D eigenvalue weighted by molar-refractivity contribution is 0.255. The zero-order chi connectivity index (χ0) is 16.9. The number of benzene rings is 1. The van der Waals surface area contributed by atoms with Crippen LogP contribution in [0.4, 0.5) is 0 Å². The third-order valence-corrected chi connectivity index (χ3v) is 4.68. The minimum atomic E-state index is 0.706. The minimum Gasteiger partial charge on any atom is -0.306 e. The molecule has 0 amide bonds. The Balaban J connectivity index is 0.000000815. The molecule has 0 unspecified atom stereocenters. The van der Waals surface area contributed by atoms with E-state index in [0.29, 0.717) is 5.92 Å². The van der Waals surface area contributed by atoms with Crippen LogP contribution < -0.4 is 0 Å². The van der Waals surface area contributed by atoms with Crippen molar-refractivity contribution < 1.29 is 0 Å². The van der Waals surface area contributed by atoms with E-state index in [1.807, 2.05) is 36.8 Å². The highest BCUT2D eigenvalue weighted by Gasteiger charge is 2.18. The maximum atomic E-state index is 4.43. The molecule has 3 heterocycles. The van der Waals surface area contributed by atoms with Crippen molar-refractivity contribution in [1.29, 1.82) is 0 Å². The Bertz CT molecular complexity index is 768. The minimum absolute atomic E-state index is 0.706. The zero-order valence-corrected chi connectivity index (χ0v) is 14.8. The molecule has 24 heavy (non-hydrogen) atoms. The van der Waals surface area contributed by atoms with Crippen LogP contribution in [0.1, 0.15) is 38.2 Å². The average Bonchev–Trinajstić information content (AvgIpc) is 3.12. The van der Waals surface area contributed by atoms with Gasteiger partial charge in [0.1, 0.15) is 0 Å². The second-order valence-corrected chi connectivity index (χ2v) is 6.18. The van der Waals surface area contributed by atoms with Crippen molar-refractivity contribution in [2.45, 2.75) is 32.6 Å². The predicted octanol–water partition coefficient (Wildman–Crippen LogP) is 4.23. The first-order chi connectivity index (χ1) is 11.8. The third kappa shape index (κ3) is 3.49. The quantitative estimate of drug-likeness (QED) is 0.708. The van der Waals surface area contributed by atoms with Gasteiger partial charge in [0.2, 0.25) is 0 Å². The van der Waals surface area contributed by atoms with Crippen molar-refractivity contribution >= 4 is 5.65 Å². The van der Waals surface area contributed by atoms with Gasteiger partial charge >= 0.3 is 0 Å². The van der Waals surface area contributed by atoms with Crippen LogP contribution in [-0.4, -0.2) is 39.6 Å². The lowest BCUT2D eigenvalue weighted by Gasteiger charge is -2.29. The molecule has 0 N–H and O–H groups in total. The van der Waals surface area contributed by atoms with E-state index in [1.165, 1.54) is 37.1 Å². The summed E-state index contributed by atoms with van der Waals surface area (Å²) in [4.78, 5) is 6.85. The molecule has 1 fully saturated rings. The number of nitrogens with zero attached hydrogens (tertiary/aromatic N) is 4. The van der Waals surface area contributed by atoms with Crippen LogP contribution in [0.5, 0.6) is 0 Å². The van der Waals surface area contributed by atoms with Gasteiger partial charge in [-0.1, -0.05) is 38.1 Å². The van der Waals surface area contributed by atoms with E-state index < -0.39 is 0 Å². The van der Waals surface area contributed by atoms with Gasteiger partial charge in [0.05, 0.1) is 6.20 Å². The maximum absolute atomic E-state index is 4.43. The normalized spacial score (nSPS) is 16.0. The second-order valence-electron chi connectivity index (χ2n) is 6.18. The van der Waals surface area contributed by atoms with Crippen molar-refractivity contribution in [3.8, 4) is 11.1 Å². The summed E-state index contributed by atoms with van der Waals surface area (Å²) in [6.07, 6.45) is 8.25. The Kier molecular flexibility index (Phi) is 5.26. The number of likely N-dealkylation sites (tertiary alicyclic amines) is 1. The monoisotopic (exact) mass is 322 g/mol. The molecule has 1 aliphatic heterocycles. The first kappa shape index (κ1) is 16.7. The lowest BCUT2D eigenvalue weighted by atomic mass is 9.89. The third-order valence-electron chi connectivity index (χ3n) is 4.68. The molecule has 3 aromatic rings. The van der Waals surface area contributed by atoms with E-state index >= 15 is 0 Å². The van der Waals surface area contributed by atoms with Gasteiger partial charge in [0, 0.05) is 24.0 Å². The summed E-state index contributed by atoms with van der Waals surface area (Å²) >= 11 is 0. The van der Waals surface area contributed by atoms with Gasteiger partial charge in [-0.15, -0.1) is 0 Å². The standard InChI is InChI=1S/C18H20N4.C2H6/c1-21-10-7-16(8-11-21)14-2-4-15(5-3-14)17-12-19-18-6-9-20-22(18)13-17;1-2/h2-6,9,12-13,16H,7-8,10-11H2,1H3;1-2H3. The summed E-state index contributed by atoms with van der Waals surface area (Å²) in [5, 5.41) is 4.25. The molecule has 0 spiro atoms. The maximum Gasteiger partial charge on any atom is 0.154 e. The lowest BCUT2D eigenvalue weighted by Crippen LogP contribution is -2.29. The molecule has 0 saturated carbocycles. The highest BCUT2D eigenvalue weighted by molar-refractivity contribution is 5.63. The van der Waals surface area contributed by atoms with Crippen LogP contribution in [0, 0.1) is 0 Å². The summed E-state index contributed by atoms with van der Waals surface area (Å²) in [6.45, 7) is 6.40.